The van der Waals surface area contributed by atoms with E-state index in [-0.39, 0.29) is 5.75 Å². The van der Waals surface area contributed by atoms with Crippen LogP contribution in [0, 0.1) is 0 Å². The lowest BCUT2D eigenvalue weighted by Gasteiger charge is -2.06. The summed E-state index contributed by atoms with van der Waals surface area (Å²) in [5.41, 5.74) is 2.39. The van der Waals surface area contributed by atoms with E-state index in [1.165, 1.54) is 5.56 Å². The van der Waals surface area contributed by atoms with Crippen LogP contribution in [0.4, 0.5) is 0 Å². The van der Waals surface area contributed by atoms with E-state index in [4.69, 9.17) is 11.6 Å². The Balaban J connectivity index is 2.67. The van der Waals surface area contributed by atoms with Gasteiger partial charge >= 0.3 is 0 Å². The maximum atomic E-state index is 9.49. The third-order valence-corrected chi connectivity index (χ3v) is 3.27. The van der Waals surface area contributed by atoms with Gasteiger partial charge in [0.2, 0.25) is 0 Å². The molecule has 3 heteroatoms. The minimum Gasteiger partial charge on any atom is -0.505 e. The second-order valence-corrected chi connectivity index (χ2v) is 4.24. The first kappa shape index (κ1) is 8.39. The minimum atomic E-state index is 0.178. The second kappa shape index (κ2) is 2.93. The van der Waals surface area contributed by atoms with Crippen LogP contribution in [0.1, 0.15) is 17.5 Å². The molecule has 0 aromatic heterocycles. The summed E-state index contributed by atoms with van der Waals surface area (Å²) < 4.78 is 0.702. The van der Waals surface area contributed by atoms with Crippen LogP contribution in [0.15, 0.2) is 10.5 Å². The van der Waals surface area contributed by atoms with E-state index in [1.807, 2.05) is 6.07 Å². The number of halogens is 2. The summed E-state index contributed by atoms with van der Waals surface area (Å²) in [6.45, 7) is 0. The Morgan fingerprint density at radius 2 is 2.17 bits per heavy atom. The van der Waals surface area contributed by atoms with Gasteiger partial charge in [-0.1, -0.05) is 11.6 Å². The Kier molecular flexibility index (Phi) is 2.05. The molecule has 0 amide bonds. The van der Waals surface area contributed by atoms with Gasteiger partial charge in [0.1, 0.15) is 5.75 Å². The quantitative estimate of drug-likeness (QED) is 0.746. The maximum Gasteiger partial charge on any atom is 0.148 e. The van der Waals surface area contributed by atoms with Gasteiger partial charge in [0, 0.05) is 0 Å². The van der Waals surface area contributed by atoms with Gasteiger partial charge in [-0.05, 0) is 52.4 Å². The van der Waals surface area contributed by atoms with E-state index >= 15 is 0 Å². The Morgan fingerprint density at radius 3 is 2.92 bits per heavy atom. The Bertz CT molecular complexity index is 336. The molecule has 1 nitrogen and oxygen atoms in total. The summed E-state index contributed by atoms with van der Waals surface area (Å²) in [5, 5.41) is 10.0. The van der Waals surface area contributed by atoms with Crippen molar-refractivity contribution in [3.8, 4) is 5.75 Å². The van der Waals surface area contributed by atoms with Crippen LogP contribution < -0.4 is 0 Å². The highest BCUT2D eigenvalue weighted by Gasteiger charge is 2.18. The SMILES string of the molecule is Oc1c(Br)cc2c(c1Cl)CCC2. The predicted molar refractivity (Wildman–Crippen MR) is 52.8 cm³/mol. The number of benzene rings is 1. The molecule has 0 bridgehead atoms. The fraction of sp³-hybridized carbons (Fsp3) is 0.333. The number of fused-ring (bicyclic) bond motifs is 1. The topological polar surface area (TPSA) is 20.2 Å². The molecule has 0 aliphatic heterocycles. The lowest BCUT2D eigenvalue weighted by Crippen LogP contribution is -1.85. The first-order valence-electron chi connectivity index (χ1n) is 3.89. The van der Waals surface area contributed by atoms with Crippen molar-refractivity contribution in [1.29, 1.82) is 0 Å². The molecule has 0 saturated carbocycles. The van der Waals surface area contributed by atoms with Crippen molar-refractivity contribution >= 4 is 27.5 Å². The van der Waals surface area contributed by atoms with Gasteiger partial charge in [0.15, 0.2) is 0 Å². The van der Waals surface area contributed by atoms with Crippen LogP contribution in [0.5, 0.6) is 5.75 Å². The highest BCUT2D eigenvalue weighted by molar-refractivity contribution is 9.10. The van der Waals surface area contributed by atoms with E-state index in [0.29, 0.717) is 9.50 Å². The van der Waals surface area contributed by atoms with Crippen LogP contribution in [-0.2, 0) is 12.8 Å². The van der Waals surface area contributed by atoms with E-state index in [9.17, 15) is 5.11 Å². The van der Waals surface area contributed by atoms with Crippen molar-refractivity contribution in [3.63, 3.8) is 0 Å². The number of hydrogen-bond acceptors (Lipinski definition) is 1. The molecule has 0 heterocycles. The first-order chi connectivity index (χ1) is 5.70. The second-order valence-electron chi connectivity index (χ2n) is 3.01. The van der Waals surface area contributed by atoms with Gasteiger partial charge in [-0.25, -0.2) is 0 Å². The molecule has 64 valence electrons. The van der Waals surface area contributed by atoms with Gasteiger partial charge in [-0.15, -0.1) is 0 Å². The fourth-order valence-corrected chi connectivity index (χ4v) is 2.55. The molecule has 0 fully saturated rings. The van der Waals surface area contributed by atoms with Gasteiger partial charge in [-0.2, -0.15) is 0 Å². The third-order valence-electron chi connectivity index (χ3n) is 2.26. The van der Waals surface area contributed by atoms with Crippen molar-refractivity contribution in [2.45, 2.75) is 19.3 Å². The van der Waals surface area contributed by atoms with Crippen molar-refractivity contribution in [1.82, 2.24) is 0 Å². The lowest BCUT2D eigenvalue weighted by molar-refractivity contribution is 0.471. The van der Waals surface area contributed by atoms with Crippen molar-refractivity contribution in [3.05, 3.63) is 26.7 Å². The molecular formula is C9H8BrClO. The zero-order chi connectivity index (χ0) is 8.72. The molecule has 1 aromatic rings. The zero-order valence-corrected chi connectivity index (χ0v) is 8.74. The van der Waals surface area contributed by atoms with Gasteiger partial charge in [0.25, 0.3) is 0 Å². The number of hydrogen-bond donors (Lipinski definition) is 1. The molecule has 0 unspecified atom stereocenters. The Morgan fingerprint density at radius 1 is 1.42 bits per heavy atom. The summed E-state index contributed by atoms with van der Waals surface area (Å²) in [7, 11) is 0. The molecule has 12 heavy (non-hydrogen) atoms. The molecule has 0 spiro atoms. The van der Waals surface area contributed by atoms with Gasteiger partial charge in [0.05, 0.1) is 9.50 Å². The van der Waals surface area contributed by atoms with Crippen molar-refractivity contribution in [2.75, 3.05) is 0 Å². The largest absolute Gasteiger partial charge is 0.505 e. The number of phenols is 1. The van der Waals surface area contributed by atoms with Crippen LogP contribution in [0.2, 0.25) is 5.02 Å². The molecule has 0 atom stereocenters. The van der Waals surface area contributed by atoms with E-state index in [1.54, 1.807) is 0 Å². The van der Waals surface area contributed by atoms with Crippen LogP contribution in [0.25, 0.3) is 0 Å². The molecular weight excluding hydrogens is 239 g/mol. The third kappa shape index (κ3) is 1.14. The number of rotatable bonds is 0. The Labute approximate surface area is 84.5 Å². The predicted octanol–water partition coefficient (Wildman–Crippen LogP) is 3.30. The molecule has 1 N–H and O–H groups in total. The highest BCUT2D eigenvalue weighted by Crippen LogP contribution is 2.40. The average molecular weight is 248 g/mol. The minimum absolute atomic E-state index is 0.178. The van der Waals surface area contributed by atoms with E-state index < -0.39 is 0 Å². The fourth-order valence-electron chi connectivity index (χ4n) is 1.65. The number of phenolic OH excluding ortho intramolecular Hbond substituents is 1. The van der Waals surface area contributed by atoms with Crippen molar-refractivity contribution in [2.24, 2.45) is 0 Å². The monoisotopic (exact) mass is 246 g/mol. The van der Waals surface area contributed by atoms with E-state index in [2.05, 4.69) is 15.9 Å². The van der Waals surface area contributed by atoms with Gasteiger partial charge < -0.3 is 5.11 Å². The summed E-state index contributed by atoms with van der Waals surface area (Å²) in [6, 6.07) is 1.96. The normalized spacial score (nSPS) is 14.8. The molecule has 2 rings (SSSR count). The van der Waals surface area contributed by atoms with Crippen LogP contribution in [-0.4, -0.2) is 5.11 Å². The first-order valence-corrected chi connectivity index (χ1v) is 5.06. The van der Waals surface area contributed by atoms with Crippen LogP contribution in [0.3, 0.4) is 0 Å². The van der Waals surface area contributed by atoms with Crippen molar-refractivity contribution < 1.29 is 5.11 Å². The summed E-state index contributed by atoms with van der Waals surface area (Å²) in [6.07, 6.45) is 3.22. The lowest BCUT2D eigenvalue weighted by atomic mass is 10.1. The molecule has 0 radical (unpaired) electrons. The maximum absolute atomic E-state index is 9.49. The number of aromatic hydroxyl groups is 1. The average Bonchev–Trinajstić information content (AvgIpc) is 2.48. The Hall–Kier alpha value is -0.210. The molecule has 1 aliphatic carbocycles. The van der Waals surface area contributed by atoms with Crippen LogP contribution >= 0.6 is 27.5 Å². The number of aryl methyl sites for hydroxylation is 1. The molecule has 1 aliphatic rings. The smallest absolute Gasteiger partial charge is 0.148 e. The summed E-state index contributed by atoms with van der Waals surface area (Å²) >= 11 is 9.23. The summed E-state index contributed by atoms with van der Waals surface area (Å²) in [5.74, 6) is 0.178. The molecule has 1 aromatic carbocycles. The summed E-state index contributed by atoms with van der Waals surface area (Å²) in [4.78, 5) is 0. The van der Waals surface area contributed by atoms with E-state index in [0.717, 1.165) is 24.8 Å². The highest BCUT2D eigenvalue weighted by atomic mass is 79.9. The van der Waals surface area contributed by atoms with Gasteiger partial charge in [-0.3, -0.25) is 0 Å². The molecule has 0 saturated heterocycles. The zero-order valence-electron chi connectivity index (χ0n) is 6.40. The standard InChI is InChI=1S/C9H8BrClO/c10-7-4-5-2-1-3-6(5)8(11)9(7)12/h4,12H,1-3H2.